The van der Waals surface area contributed by atoms with Crippen molar-refractivity contribution in [1.29, 1.82) is 0 Å². The van der Waals surface area contributed by atoms with E-state index in [1.807, 2.05) is 0 Å². The van der Waals surface area contributed by atoms with Gasteiger partial charge in [0.1, 0.15) is 0 Å². The van der Waals surface area contributed by atoms with Gasteiger partial charge in [-0.25, -0.2) is 0 Å². The predicted molar refractivity (Wildman–Crippen MR) is 41.5 cm³/mol. The SMILES string of the molecule is O=C1C([O-])=C(Cl)C(=O)C([O-])=C1Cl.[Ca+2]. The van der Waals surface area contributed by atoms with Crippen molar-refractivity contribution < 1.29 is 19.8 Å². The number of halogens is 2. The molecule has 0 unspecified atom stereocenters. The van der Waals surface area contributed by atoms with E-state index >= 15 is 0 Å². The minimum absolute atomic E-state index is 0. The maximum atomic E-state index is 10.7. The van der Waals surface area contributed by atoms with E-state index in [1.165, 1.54) is 0 Å². The van der Waals surface area contributed by atoms with Crippen molar-refractivity contribution in [1.82, 2.24) is 0 Å². The van der Waals surface area contributed by atoms with Crippen LogP contribution in [0.4, 0.5) is 0 Å². The summed E-state index contributed by atoms with van der Waals surface area (Å²) in [5.41, 5.74) is 0. The average molecular weight is 247 g/mol. The normalized spacial score (nSPS) is 17.7. The van der Waals surface area contributed by atoms with E-state index in [2.05, 4.69) is 0 Å². The number of hydrogen-bond acceptors (Lipinski definition) is 4. The van der Waals surface area contributed by atoms with Gasteiger partial charge in [-0.1, -0.05) is 23.2 Å². The van der Waals surface area contributed by atoms with E-state index in [1.54, 1.807) is 0 Å². The molecule has 0 radical (unpaired) electrons. The molecule has 0 aromatic heterocycles. The summed E-state index contributed by atoms with van der Waals surface area (Å²) in [6, 6.07) is 0. The minimum Gasteiger partial charge on any atom is -0.869 e. The zero-order valence-electron chi connectivity index (χ0n) is 6.10. The topological polar surface area (TPSA) is 80.3 Å². The van der Waals surface area contributed by atoms with Crippen LogP contribution in [0.2, 0.25) is 0 Å². The Bertz CT molecular complexity index is 283. The Morgan fingerprint density at radius 3 is 1.31 bits per heavy atom. The quantitative estimate of drug-likeness (QED) is 0.380. The molecule has 1 aliphatic rings. The maximum absolute atomic E-state index is 10.7. The van der Waals surface area contributed by atoms with Gasteiger partial charge in [0.2, 0.25) is 0 Å². The molecule has 0 saturated heterocycles. The molecule has 0 saturated carbocycles. The molecule has 0 aliphatic heterocycles. The third kappa shape index (κ3) is 2.19. The molecule has 1 rings (SSSR count). The molecule has 1 aliphatic carbocycles. The molecule has 7 heteroatoms. The first-order valence-electron chi connectivity index (χ1n) is 2.69. The van der Waals surface area contributed by atoms with E-state index in [-0.39, 0.29) is 37.7 Å². The van der Waals surface area contributed by atoms with Gasteiger partial charge in [0.15, 0.2) is 11.6 Å². The molecule has 0 bridgehead atoms. The van der Waals surface area contributed by atoms with Gasteiger partial charge in [-0.2, -0.15) is 0 Å². The summed E-state index contributed by atoms with van der Waals surface area (Å²) in [5, 5.41) is 19.6. The molecule has 4 nitrogen and oxygen atoms in total. The van der Waals surface area contributed by atoms with Gasteiger partial charge in [0.05, 0.1) is 10.1 Å². The van der Waals surface area contributed by atoms with Crippen molar-refractivity contribution in [3.8, 4) is 0 Å². The van der Waals surface area contributed by atoms with Crippen molar-refractivity contribution in [2.24, 2.45) is 0 Å². The van der Waals surface area contributed by atoms with Crippen LogP contribution in [0, 0.1) is 0 Å². The molecule has 0 atom stereocenters. The summed E-state index contributed by atoms with van der Waals surface area (Å²) in [5.74, 6) is -4.92. The fourth-order valence-corrected chi connectivity index (χ4v) is 0.948. The average Bonchev–Trinajstić information content (AvgIpc) is 2.08. The molecule has 0 amide bonds. The molecule has 0 fully saturated rings. The minimum atomic E-state index is -1.23. The second-order valence-electron chi connectivity index (χ2n) is 1.94. The molecule has 0 aromatic rings. The standard InChI is InChI=1S/C6H2Cl2O4.Ca/c7-1-3(9)5(11)2(8)6(12)4(1)10;/h9,12H;/q;+2/p-2. The molecular weight excluding hydrogens is 247 g/mol. The number of carbonyl (C=O) groups is 2. The smallest absolute Gasteiger partial charge is 0.869 e. The van der Waals surface area contributed by atoms with E-state index in [0.29, 0.717) is 0 Å². The number of rotatable bonds is 0. The molecule has 0 N–H and O–H groups in total. The van der Waals surface area contributed by atoms with E-state index in [0.717, 1.165) is 0 Å². The number of hydrogen-bond donors (Lipinski definition) is 0. The van der Waals surface area contributed by atoms with Crippen molar-refractivity contribution in [3.05, 3.63) is 21.6 Å². The molecule has 64 valence electrons. The van der Waals surface area contributed by atoms with Crippen LogP contribution in [-0.2, 0) is 9.59 Å². The maximum Gasteiger partial charge on any atom is 2.00 e. The molecule has 0 spiro atoms. The summed E-state index contributed by atoms with van der Waals surface area (Å²) in [6.07, 6.45) is 0. The summed E-state index contributed by atoms with van der Waals surface area (Å²) in [7, 11) is 0. The first-order chi connectivity index (χ1) is 5.46. The van der Waals surface area contributed by atoms with Gasteiger partial charge >= 0.3 is 37.7 Å². The number of carbonyl (C=O) groups excluding carboxylic acids is 2. The van der Waals surface area contributed by atoms with Crippen LogP contribution in [0.5, 0.6) is 0 Å². The Kier molecular flexibility index (Phi) is 4.75. The molecule has 0 heterocycles. The Labute approximate surface area is 113 Å². The fourth-order valence-electron chi connectivity index (χ4n) is 0.605. The van der Waals surface area contributed by atoms with E-state index in [4.69, 9.17) is 23.2 Å². The van der Waals surface area contributed by atoms with Crippen LogP contribution in [0.3, 0.4) is 0 Å². The van der Waals surface area contributed by atoms with Gasteiger partial charge in [0.25, 0.3) is 0 Å². The van der Waals surface area contributed by atoms with Crippen molar-refractivity contribution in [2.45, 2.75) is 0 Å². The van der Waals surface area contributed by atoms with Gasteiger partial charge in [-0.05, 0) is 11.5 Å². The Morgan fingerprint density at radius 2 is 1.08 bits per heavy atom. The Hall–Kier alpha value is 0.260. The monoisotopic (exact) mass is 246 g/mol. The van der Waals surface area contributed by atoms with Crippen molar-refractivity contribution in [2.75, 3.05) is 0 Å². The van der Waals surface area contributed by atoms with Crippen LogP contribution >= 0.6 is 23.2 Å². The van der Waals surface area contributed by atoms with Crippen molar-refractivity contribution in [3.63, 3.8) is 0 Å². The largest absolute Gasteiger partial charge is 2.00 e. The first kappa shape index (κ1) is 13.3. The van der Waals surface area contributed by atoms with Crippen LogP contribution < -0.4 is 10.2 Å². The second kappa shape index (κ2) is 4.66. The van der Waals surface area contributed by atoms with E-state index in [9.17, 15) is 19.8 Å². The number of allylic oxidation sites excluding steroid dienone is 2. The molecule has 13 heavy (non-hydrogen) atoms. The Balaban J connectivity index is 0.00000144. The first-order valence-corrected chi connectivity index (χ1v) is 3.45. The summed E-state index contributed by atoms with van der Waals surface area (Å²) < 4.78 is 0. The van der Waals surface area contributed by atoms with Crippen LogP contribution in [-0.4, -0.2) is 49.3 Å². The van der Waals surface area contributed by atoms with Crippen LogP contribution in [0.1, 0.15) is 0 Å². The molecular formula is C6CaCl2O4. The summed E-state index contributed by atoms with van der Waals surface area (Å²) >= 11 is 10.2. The fraction of sp³-hybridized carbons (Fsp3) is 0. The number of ketones is 2. The summed E-state index contributed by atoms with van der Waals surface area (Å²) in [4.78, 5) is 21.4. The predicted octanol–water partition coefficient (Wildman–Crippen LogP) is -1.62. The zero-order valence-corrected chi connectivity index (χ0v) is 9.82. The van der Waals surface area contributed by atoms with Gasteiger partial charge < -0.3 is 10.2 Å². The zero-order chi connectivity index (χ0) is 9.46. The van der Waals surface area contributed by atoms with Gasteiger partial charge in [-0.15, -0.1) is 0 Å². The van der Waals surface area contributed by atoms with Crippen molar-refractivity contribution >= 4 is 72.5 Å². The third-order valence-electron chi connectivity index (χ3n) is 1.21. The third-order valence-corrected chi connectivity index (χ3v) is 1.90. The Morgan fingerprint density at radius 1 is 0.846 bits per heavy atom. The second-order valence-corrected chi connectivity index (χ2v) is 2.70. The van der Waals surface area contributed by atoms with Crippen LogP contribution in [0.15, 0.2) is 21.6 Å². The number of Topliss-reactive ketones (excluding diaryl/α,β-unsaturated/α-hetero) is 2. The van der Waals surface area contributed by atoms with Crippen LogP contribution in [0.25, 0.3) is 0 Å². The van der Waals surface area contributed by atoms with Gasteiger partial charge in [0, 0.05) is 0 Å². The van der Waals surface area contributed by atoms with Gasteiger partial charge in [-0.3, -0.25) is 9.59 Å². The summed E-state index contributed by atoms with van der Waals surface area (Å²) in [6.45, 7) is 0. The van der Waals surface area contributed by atoms with E-state index < -0.39 is 33.1 Å². The molecule has 0 aromatic carbocycles.